The van der Waals surface area contributed by atoms with Crippen LogP contribution in [-0.4, -0.2) is 0 Å². The van der Waals surface area contributed by atoms with Crippen LogP contribution in [0.25, 0.3) is 0 Å². The molecule has 0 radical (unpaired) electrons. The molecule has 0 heterocycles. The lowest BCUT2D eigenvalue weighted by Gasteiger charge is -1.88. The lowest BCUT2D eigenvalue weighted by Crippen LogP contribution is -1.75. The topological polar surface area (TPSA) is 23.8 Å². The van der Waals surface area contributed by atoms with Crippen molar-refractivity contribution in [3.63, 3.8) is 0 Å². The summed E-state index contributed by atoms with van der Waals surface area (Å²) in [4.78, 5) is 0. The van der Waals surface area contributed by atoms with Crippen molar-refractivity contribution in [1.82, 2.24) is 0 Å². The van der Waals surface area contributed by atoms with E-state index in [9.17, 15) is 0 Å². The molecule has 0 unspecified atom stereocenters. The lowest BCUT2D eigenvalue weighted by molar-refractivity contribution is 1.28. The molecule has 0 atom stereocenters. The van der Waals surface area contributed by atoms with Gasteiger partial charge in [0.1, 0.15) is 0 Å². The zero-order chi connectivity index (χ0) is 8.81. The molecule has 0 aromatic heterocycles. The first-order valence-corrected chi connectivity index (χ1v) is 3.86. The largest absolute Gasteiger partial charge is 0.192 e. The number of nitrogens with zero attached hydrogens (tertiary/aromatic N) is 1. The van der Waals surface area contributed by atoms with Gasteiger partial charge in [-0.25, -0.2) is 0 Å². The van der Waals surface area contributed by atoms with Crippen LogP contribution < -0.4 is 0 Å². The molecule has 1 aromatic carbocycles. The fourth-order valence-corrected chi connectivity index (χ4v) is 0.819. The van der Waals surface area contributed by atoms with E-state index < -0.39 is 0 Å². The molecule has 1 aromatic rings. The fraction of sp³-hybridized carbons (Fsp3) is 0.182. The molecule has 12 heavy (non-hydrogen) atoms. The minimum atomic E-state index is 0.678. The summed E-state index contributed by atoms with van der Waals surface area (Å²) in [5.41, 5.74) is 1.65. The molecule has 0 aliphatic rings. The molecule has 0 aliphatic carbocycles. The Morgan fingerprint density at radius 3 is 2.25 bits per heavy atom. The first-order chi connectivity index (χ1) is 5.86. The zero-order valence-corrected chi connectivity index (χ0v) is 6.96. The molecule has 0 saturated heterocycles. The smallest absolute Gasteiger partial charge is 0.0991 e. The maximum Gasteiger partial charge on any atom is 0.0991 e. The highest BCUT2D eigenvalue weighted by molar-refractivity contribution is 5.39. The van der Waals surface area contributed by atoms with Crippen molar-refractivity contribution >= 4 is 0 Å². The highest BCUT2D eigenvalue weighted by Gasteiger charge is 1.87. The standard InChI is InChI=1S/C11H9N/c1-2-3-4-10-5-7-11(9-12)8-6-10/h5-8H,2H2,1H3. The van der Waals surface area contributed by atoms with Gasteiger partial charge in [-0.2, -0.15) is 5.26 Å². The number of benzene rings is 1. The van der Waals surface area contributed by atoms with Crippen LogP contribution in [0.1, 0.15) is 24.5 Å². The molecule has 1 heteroatoms. The summed E-state index contributed by atoms with van der Waals surface area (Å²) in [6, 6.07) is 9.34. The van der Waals surface area contributed by atoms with Crippen molar-refractivity contribution < 1.29 is 0 Å². The van der Waals surface area contributed by atoms with Crippen molar-refractivity contribution in [3.8, 4) is 17.9 Å². The molecule has 0 saturated carbocycles. The van der Waals surface area contributed by atoms with Gasteiger partial charge in [0, 0.05) is 12.0 Å². The zero-order valence-electron chi connectivity index (χ0n) is 6.96. The van der Waals surface area contributed by atoms with Crippen molar-refractivity contribution in [2.24, 2.45) is 0 Å². The number of rotatable bonds is 0. The monoisotopic (exact) mass is 155 g/mol. The van der Waals surface area contributed by atoms with E-state index in [2.05, 4.69) is 17.9 Å². The molecule has 0 bridgehead atoms. The van der Waals surface area contributed by atoms with Crippen LogP contribution >= 0.6 is 0 Å². The van der Waals surface area contributed by atoms with Gasteiger partial charge in [-0.15, -0.1) is 0 Å². The summed E-state index contributed by atoms with van der Waals surface area (Å²) in [6.45, 7) is 2.01. The highest BCUT2D eigenvalue weighted by atomic mass is 14.2. The Morgan fingerprint density at radius 2 is 1.75 bits per heavy atom. The van der Waals surface area contributed by atoms with Gasteiger partial charge in [0.15, 0.2) is 0 Å². The average molecular weight is 155 g/mol. The molecule has 0 spiro atoms. The van der Waals surface area contributed by atoms with Gasteiger partial charge in [0.25, 0.3) is 0 Å². The third kappa shape index (κ3) is 2.15. The second kappa shape index (κ2) is 4.21. The summed E-state index contributed by atoms with van der Waals surface area (Å²) >= 11 is 0. The summed E-state index contributed by atoms with van der Waals surface area (Å²) in [5, 5.41) is 8.52. The van der Waals surface area contributed by atoms with Crippen LogP contribution in [0.5, 0.6) is 0 Å². The Hall–Kier alpha value is -1.73. The van der Waals surface area contributed by atoms with Crippen molar-refractivity contribution in [1.29, 1.82) is 5.26 Å². The lowest BCUT2D eigenvalue weighted by atomic mass is 10.1. The Bertz CT molecular complexity index is 343. The Labute approximate surface area is 72.6 Å². The quantitative estimate of drug-likeness (QED) is 0.527. The molecule has 58 valence electrons. The maximum absolute atomic E-state index is 8.52. The van der Waals surface area contributed by atoms with Crippen molar-refractivity contribution in [3.05, 3.63) is 35.4 Å². The Kier molecular flexibility index (Phi) is 2.94. The molecular weight excluding hydrogens is 146 g/mol. The summed E-state index contributed by atoms with van der Waals surface area (Å²) in [5.74, 6) is 5.96. The van der Waals surface area contributed by atoms with E-state index in [1.54, 1.807) is 12.1 Å². The van der Waals surface area contributed by atoms with Gasteiger partial charge in [-0.1, -0.05) is 18.8 Å². The fourth-order valence-electron chi connectivity index (χ4n) is 0.819. The molecule has 0 aliphatic heterocycles. The number of nitriles is 1. The van der Waals surface area contributed by atoms with E-state index in [1.807, 2.05) is 19.1 Å². The van der Waals surface area contributed by atoms with Gasteiger partial charge >= 0.3 is 0 Å². The van der Waals surface area contributed by atoms with Gasteiger partial charge in [0.05, 0.1) is 11.6 Å². The van der Waals surface area contributed by atoms with Crippen molar-refractivity contribution in [2.45, 2.75) is 13.3 Å². The average Bonchev–Trinajstić information content (AvgIpc) is 2.15. The molecule has 0 fully saturated rings. The third-order valence-electron chi connectivity index (χ3n) is 1.42. The summed E-state index contributed by atoms with van der Waals surface area (Å²) < 4.78 is 0. The molecule has 0 amide bonds. The number of hydrogen-bond acceptors (Lipinski definition) is 1. The predicted molar refractivity (Wildman–Crippen MR) is 48.3 cm³/mol. The van der Waals surface area contributed by atoms with Crippen LogP contribution in [0.2, 0.25) is 0 Å². The predicted octanol–water partition coefficient (Wildman–Crippen LogP) is 2.32. The van der Waals surface area contributed by atoms with Gasteiger partial charge in [-0.3, -0.25) is 0 Å². The van der Waals surface area contributed by atoms with E-state index in [4.69, 9.17) is 5.26 Å². The molecule has 0 N–H and O–H groups in total. The van der Waals surface area contributed by atoms with E-state index in [0.717, 1.165) is 12.0 Å². The number of hydrogen-bond donors (Lipinski definition) is 0. The van der Waals surface area contributed by atoms with E-state index >= 15 is 0 Å². The highest BCUT2D eigenvalue weighted by Crippen LogP contribution is 2.01. The minimum absolute atomic E-state index is 0.678. The minimum Gasteiger partial charge on any atom is -0.192 e. The Balaban J connectivity index is 2.87. The van der Waals surface area contributed by atoms with Crippen LogP contribution in [0.15, 0.2) is 24.3 Å². The molecule has 1 rings (SSSR count). The maximum atomic E-state index is 8.52. The third-order valence-corrected chi connectivity index (χ3v) is 1.42. The van der Waals surface area contributed by atoms with Crippen LogP contribution in [0.3, 0.4) is 0 Å². The van der Waals surface area contributed by atoms with Crippen LogP contribution in [0.4, 0.5) is 0 Å². The SMILES string of the molecule is CCC#Cc1ccc(C#N)cc1. The molecular formula is C11H9N. The summed E-state index contributed by atoms with van der Waals surface area (Å²) in [6.07, 6.45) is 0.861. The van der Waals surface area contributed by atoms with Crippen LogP contribution in [0, 0.1) is 23.2 Å². The van der Waals surface area contributed by atoms with Crippen LogP contribution in [-0.2, 0) is 0 Å². The molecule has 1 nitrogen and oxygen atoms in total. The van der Waals surface area contributed by atoms with Crippen molar-refractivity contribution in [2.75, 3.05) is 0 Å². The first-order valence-electron chi connectivity index (χ1n) is 3.86. The van der Waals surface area contributed by atoms with E-state index in [1.165, 1.54) is 0 Å². The van der Waals surface area contributed by atoms with Gasteiger partial charge < -0.3 is 0 Å². The van der Waals surface area contributed by atoms with Gasteiger partial charge in [-0.05, 0) is 24.3 Å². The summed E-state index contributed by atoms with van der Waals surface area (Å²) in [7, 11) is 0. The van der Waals surface area contributed by atoms with E-state index in [-0.39, 0.29) is 0 Å². The Morgan fingerprint density at radius 1 is 1.17 bits per heavy atom. The van der Waals surface area contributed by atoms with Gasteiger partial charge in [0.2, 0.25) is 0 Å². The second-order valence-electron chi connectivity index (χ2n) is 2.34. The normalized spacial score (nSPS) is 8.00. The second-order valence-corrected chi connectivity index (χ2v) is 2.34. The first kappa shape index (κ1) is 8.37. The van der Waals surface area contributed by atoms with E-state index in [0.29, 0.717) is 5.56 Å².